The van der Waals surface area contributed by atoms with E-state index in [1.165, 1.54) is 12.4 Å². The van der Waals surface area contributed by atoms with Crippen LogP contribution in [0, 0.1) is 0 Å². The van der Waals surface area contributed by atoms with Crippen molar-refractivity contribution in [3.05, 3.63) is 12.3 Å². The van der Waals surface area contributed by atoms with Gasteiger partial charge in [0.15, 0.2) is 0 Å². The third-order valence-electron chi connectivity index (χ3n) is 0.346. The van der Waals surface area contributed by atoms with Crippen LogP contribution in [0.25, 0.3) is 0 Å². The van der Waals surface area contributed by atoms with Crippen molar-refractivity contribution in [3.8, 4) is 0 Å². The van der Waals surface area contributed by atoms with Crippen LogP contribution in [0.5, 0.6) is 0 Å². The molecule has 40 valence electrons. The molecule has 0 atom stereocenters. The molecule has 0 aromatic rings. The molecule has 0 radical (unpaired) electrons. The van der Waals surface area contributed by atoms with Gasteiger partial charge in [-0.15, -0.1) is 0 Å². The van der Waals surface area contributed by atoms with Gasteiger partial charge < -0.3 is 5.73 Å². The average Bonchev–Trinajstić information content (AvgIpc) is 1.69. The molecule has 0 aromatic carbocycles. The summed E-state index contributed by atoms with van der Waals surface area (Å²) >= 11 is 0. The number of nitrogens with zero attached hydrogens (tertiary/aromatic N) is 1. The number of hydrazone groups is 1. The van der Waals surface area contributed by atoms with Crippen molar-refractivity contribution in [1.29, 1.82) is 0 Å². The van der Waals surface area contributed by atoms with Crippen LogP contribution < -0.4 is 17.1 Å². The van der Waals surface area contributed by atoms with E-state index in [1.54, 1.807) is 6.08 Å². The smallest absolute Gasteiger partial charge is 0.0497 e. The van der Waals surface area contributed by atoms with E-state index in [0.717, 1.165) is 0 Å². The van der Waals surface area contributed by atoms with Gasteiger partial charge in [-0.3, -0.25) is 0 Å². The summed E-state index contributed by atoms with van der Waals surface area (Å²) in [6.45, 7) is 0. The van der Waals surface area contributed by atoms with Crippen LogP contribution in [0.1, 0.15) is 0 Å². The lowest BCUT2D eigenvalue weighted by atomic mass is 10.7. The van der Waals surface area contributed by atoms with Crippen LogP contribution in [0.2, 0.25) is 0 Å². The summed E-state index contributed by atoms with van der Waals surface area (Å²) in [6.07, 6.45) is 4.36. The summed E-state index contributed by atoms with van der Waals surface area (Å²) in [4.78, 5) is 0. The van der Waals surface area contributed by atoms with Gasteiger partial charge >= 0.3 is 0 Å². The highest BCUT2D eigenvalue weighted by atomic mass is 15.5. The van der Waals surface area contributed by atoms with Crippen LogP contribution in [0.4, 0.5) is 0 Å². The summed E-state index contributed by atoms with van der Waals surface area (Å²) in [7, 11) is 0. The molecule has 4 heteroatoms. The normalized spacial score (nSPS) is 11.0. The van der Waals surface area contributed by atoms with Gasteiger partial charge in [0.05, 0.1) is 0 Å². The van der Waals surface area contributed by atoms with Crippen LogP contribution in [-0.4, -0.2) is 6.21 Å². The Morgan fingerprint density at radius 1 is 1.57 bits per heavy atom. The Morgan fingerprint density at radius 3 is 2.71 bits per heavy atom. The molecule has 0 aliphatic rings. The summed E-state index contributed by atoms with van der Waals surface area (Å²) in [5.41, 5.74) is 6.99. The first-order chi connectivity index (χ1) is 3.41. The number of rotatable bonds is 2. The van der Waals surface area contributed by atoms with E-state index in [1.807, 2.05) is 0 Å². The molecule has 0 rings (SSSR count). The predicted molar refractivity (Wildman–Crippen MR) is 29.1 cm³/mol. The Labute approximate surface area is 41.8 Å². The van der Waals surface area contributed by atoms with E-state index in [9.17, 15) is 0 Å². The average molecular weight is 100 g/mol. The Balaban J connectivity index is 3.09. The largest absolute Gasteiger partial charge is 0.405 e. The van der Waals surface area contributed by atoms with Gasteiger partial charge in [0.25, 0.3) is 0 Å². The molecule has 0 aliphatic carbocycles. The molecular formula is C3H8N4. The molecule has 4 nitrogen and oxygen atoms in total. The Morgan fingerprint density at radius 2 is 2.29 bits per heavy atom. The van der Waals surface area contributed by atoms with E-state index in [-0.39, 0.29) is 0 Å². The molecule has 0 fully saturated rings. The fourth-order valence-electron chi connectivity index (χ4n) is 0.136. The van der Waals surface area contributed by atoms with E-state index in [0.29, 0.717) is 0 Å². The second-order valence-corrected chi connectivity index (χ2v) is 0.792. The quantitative estimate of drug-likeness (QED) is 0.234. The van der Waals surface area contributed by atoms with Crippen LogP contribution in [0.3, 0.4) is 0 Å². The van der Waals surface area contributed by atoms with Crippen molar-refractivity contribution in [2.45, 2.75) is 0 Å². The number of nitrogens with one attached hydrogen (secondary N) is 1. The third-order valence-corrected chi connectivity index (χ3v) is 0.346. The summed E-state index contributed by atoms with van der Waals surface area (Å²) in [6, 6.07) is 0. The number of hydrogen-bond acceptors (Lipinski definition) is 4. The maximum absolute atomic E-state index is 4.93. The Bertz CT molecular complexity index is 75.0. The second kappa shape index (κ2) is 4.97. The molecule has 5 N–H and O–H groups in total. The minimum atomic E-state index is 1.36. The summed E-state index contributed by atoms with van der Waals surface area (Å²) < 4.78 is 0. The molecule has 0 amide bonds. The standard InChI is InChI=1S/C3H8N4/c4-2-1-3-6-7-5/h1-3,7H,4-5H2. The summed E-state index contributed by atoms with van der Waals surface area (Å²) in [5, 5.41) is 3.40. The lowest BCUT2D eigenvalue weighted by molar-refractivity contribution is 0.811. The van der Waals surface area contributed by atoms with Gasteiger partial charge in [-0.1, -0.05) is 0 Å². The Hall–Kier alpha value is -1.03. The minimum absolute atomic E-state index is 1.36. The van der Waals surface area contributed by atoms with Gasteiger partial charge in [-0.25, -0.2) is 11.4 Å². The van der Waals surface area contributed by atoms with Crippen molar-refractivity contribution in [2.24, 2.45) is 16.7 Å². The predicted octanol–water partition coefficient (Wildman–Crippen LogP) is -1.09. The molecule has 0 aliphatic heterocycles. The lowest BCUT2D eigenvalue weighted by Gasteiger charge is -1.78. The molecule has 0 saturated carbocycles. The van der Waals surface area contributed by atoms with Crippen molar-refractivity contribution in [3.63, 3.8) is 0 Å². The zero-order valence-electron chi connectivity index (χ0n) is 3.83. The molecule has 0 aromatic heterocycles. The topological polar surface area (TPSA) is 76.4 Å². The molecule has 0 saturated heterocycles. The zero-order valence-corrected chi connectivity index (χ0v) is 3.83. The first-order valence-electron chi connectivity index (χ1n) is 1.77. The molecular weight excluding hydrogens is 92.1 g/mol. The van der Waals surface area contributed by atoms with E-state index in [2.05, 4.69) is 10.6 Å². The van der Waals surface area contributed by atoms with Crippen molar-refractivity contribution in [2.75, 3.05) is 0 Å². The van der Waals surface area contributed by atoms with Gasteiger partial charge in [0, 0.05) is 6.21 Å². The second-order valence-electron chi connectivity index (χ2n) is 0.792. The highest BCUT2D eigenvalue weighted by Gasteiger charge is 1.54. The van der Waals surface area contributed by atoms with E-state index < -0.39 is 0 Å². The van der Waals surface area contributed by atoms with Gasteiger partial charge in [0.1, 0.15) is 0 Å². The molecule has 0 unspecified atom stereocenters. The van der Waals surface area contributed by atoms with E-state index >= 15 is 0 Å². The first-order valence-corrected chi connectivity index (χ1v) is 1.77. The molecule has 7 heavy (non-hydrogen) atoms. The van der Waals surface area contributed by atoms with Crippen LogP contribution in [0.15, 0.2) is 17.4 Å². The fraction of sp³-hybridized carbons (Fsp3) is 0. The van der Waals surface area contributed by atoms with Crippen molar-refractivity contribution >= 4 is 6.21 Å². The summed E-state index contributed by atoms with van der Waals surface area (Å²) in [5.74, 6) is 4.75. The van der Waals surface area contributed by atoms with Gasteiger partial charge in [0.2, 0.25) is 0 Å². The first kappa shape index (κ1) is 5.97. The number of hydrazine groups is 1. The molecule has 0 spiro atoms. The van der Waals surface area contributed by atoms with Gasteiger partial charge in [-0.2, -0.15) is 5.10 Å². The van der Waals surface area contributed by atoms with Crippen molar-refractivity contribution < 1.29 is 0 Å². The maximum atomic E-state index is 4.93. The molecule has 0 bridgehead atoms. The monoisotopic (exact) mass is 100 g/mol. The number of allylic oxidation sites excluding steroid dienone is 1. The zero-order chi connectivity index (χ0) is 5.54. The van der Waals surface area contributed by atoms with Crippen LogP contribution >= 0.6 is 0 Å². The highest BCUT2D eigenvalue weighted by Crippen LogP contribution is 1.53. The number of hydrogen-bond donors (Lipinski definition) is 3. The molecule has 0 heterocycles. The lowest BCUT2D eigenvalue weighted by Crippen LogP contribution is -2.13. The fourth-order valence-corrected chi connectivity index (χ4v) is 0.136. The third kappa shape index (κ3) is 4.97. The Kier molecular flexibility index (Phi) is 4.24. The van der Waals surface area contributed by atoms with Gasteiger partial charge in [-0.05, 0) is 12.3 Å². The van der Waals surface area contributed by atoms with E-state index in [4.69, 9.17) is 11.6 Å². The van der Waals surface area contributed by atoms with Crippen LogP contribution in [-0.2, 0) is 0 Å². The maximum Gasteiger partial charge on any atom is 0.0497 e. The SMILES string of the molecule is NC=CC=NNN. The highest BCUT2D eigenvalue weighted by molar-refractivity contribution is 5.70. The minimum Gasteiger partial charge on any atom is -0.405 e. The number of nitrogens with two attached hydrogens (primary N) is 2. The van der Waals surface area contributed by atoms with Crippen molar-refractivity contribution in [1.82, 2.24) is 5.53 Å².